The summed E-state index contributed by atoms with van der Waals surface area (Å²) in [5, 5.41) is 0. The van der Waals surface area contributed by atoms with Crippen LogP contribution in [0.1, 0.15) is 5.56 Å². The van der Waals surface area contributed by atoms with Gasteiger partial charge in [0, 0.05) is 16.2 Å². The van der Waals surface area contributed by atoms with Gasteiger partial charge in [-0.3, -0.25) is 4.72 Å². The molecule has 0 atom stereocenters. The Balaban J connectivity index is 2.22. The molecule has 112 valence electrons. The molecule has 0 saturated carbocycles. The molecule has 0 unspecified atom stereocenters. The smallest absolute Gasteiger partial charge is 0.236 e. The van der Waals surface area contributed by atoms with Crippen molar-refractivity contribution in [1.29, 1.82) is 0 Å². The second kappa shape index (κ2) is 6.36. The molecule has 21 heavy (non-hydrogen) atoms. The predicted molar refractivity (Wildman–Crippen MR) is 87.8 cm³/mol. The van der Waals surface area contributed by atoms with Gasteiger partial charge < -0.3 is 10.5 Å². The lowest BCUT2D eigenvalue weighted by Crippen LogP contribution is -2.16. The van der Waals surface area contributed by atoms with E-state index in [0.717, 1.165) is 4.47 Å². The van der Waals surface area contributed by atoms with Gasteiger partial charge in [-0.2, -0.15) is 0 Å². The first-order valence-electron chi connectivity index (χ1n) is 6.08. The number of hydrogen-bond acceptors (Lipinski definition) is 4. The summed E-state index contributed by atoms with van der Waals surface area (Å²) in [6.45, 7) is 0. The molecule has 0 heterocycles. The van der Waals surface area contributed by atoms with Crippen molar-refractivity contribution >= 4 is 37.3 Å². The Kier molecular flexibility index (Phi) is 4.74. The SMILES string of the molecule is COc1cc(Br)cc(NS(=O)(=O)Cc2ccccc2N)c1. The molecule has 0 amide bonds. The minimum Gasteiger partial charge on any atom is -0.497 e. The molecule has 3 N–H and O–H groups in total. The molecule has 2 rings (SSSR count). The van der Waals surface area contributed by atoms with Crippen LogP contribution >= 0.6 is 15.9 Å². The van der Waals surface area contributed by atoms with Crippen LogP contribution in [0.5, 0.6) is 5.75 Å². The van der Waals surface area contributed by atoms with Crippen LogP contribution < -0.4 is 15.2 Å². The number of anilines is 2. The molecule has 0 aliphatic carbocycles. The van der Waals surface area contributed by atoms with Crippen LogP contribution in [0.25, 0.3) is 0 Å². The predicted octanol–water partition coefficient (Wildman–Crippen LogP) is 2.98. The number of nitrogens with two attached hydrogens (primary N) is 1. The Morgan fingerprint density at radius 2 is 1.95 bits per heavy atom. The lowest BCUT2D eigenvalue weighted by Gasteiger charge is -2.11. The summed E-state index contributed by atoms with van der Waals surface area (Å²) in [4.78, 5) is 0. The van der Waals surface area contributed by atoms with Gasteiger partial charge in [0.2, 0.25) is 10.0 Å². The quantitative estimate of drug-likeness (QED) is 0.792. The molecule has 0 spiro atoms. The number of nitrogen functional groups attached to an aromatic ring is 1. The molecule has 0 aliphatic heterocycles. The highest BCUT2D eigenvalue weighted by Gasteiger charge is 2.14. The first-order chi connectivity index (χ1) is 9.89. The summed E-state index contributed by atoms with van der Waals surface area (Å²) in [6.07, 6.45) is 0. The standard InChI is InChI=1S/C14H15BrN2O3S/c1-20-13-7-11(15)6-12(8-13)17-21(18,19)9-10-4-2-3-5-14(10)16/h2-8,17H,9,16H2,1H3. The number of halogens is 1. The number of ether oxygens (including phenoxy) is 1. The molecule has 2 aromatic carbocycles. The lowest BCUT2D eigenvalue weighted by atomic mass is 10.2. The van der Waals surface area contributed by atoms with E-state index < -0.39 is 10.0 Å². The molecule has 0 aromatic heterocycles. The normalized spacial score (nSPS) is 11.1. The van der Waals surface area contributed by atoms with Gasteiger partial charge in [-0.1, -0.05) is 34.1 Å². The van der Waals surface area contributed by atoms with Crippen molar-refractivity contribution in [2.45, 2.75) is 5.75 Å². The van der Waals surface area contributed by atoms with Crippen molar-refractivity contribution in [2.24, 2.45) is 0 Å². The largest absolute Gasteiger partial charge is 0.497 e. The number of methoxy groups -OCH3 is 1. The minimum atomic E-state index is -3.56. The fourth-order valence-corrected chi connectivity index (χ4v) is 3.52. The van der Waals surface area contributed by atoms with Gasteiger partial charge in [0.15, 0.2) is 0 Å². The Labute approximate surface area is 132 Å². The zero-order valence-corrected chi connectivity index (χ0v) is 13.7. The summed E-state index contributed by atoms with van der Waals surface area (Å²) < 4.78 is 32.8. The van der Waals surface area contributed by atoms with E-state index in [4.69, 9.17) is 10.5 Å². The fourth-order valence-electron chi connectivity index (χ4n) is 1.83. The molecule has 5 nitrogen and oxygen atoms in total. The van der Waals surface area contributed by atoms with Gasteiger partial charge in [-0.15, -0.1) is 0 Å². The van der Waals surface area contributed by atoms with E-state index in [9.17, 15) is 8.42 Å². The van der Waals surface area contributed by atoms with Crippen LogP contribution in [0.15, 0.2) is 46.9 Å². The molecule has 0 fully saturated rings. The molecule has 0 saturated heterocycles. The van der Waals surface area contributed by atoms with Crippen LogP contribution in [0.2, 0.25) is 0 Å². The summed E-state index contributed by atoms with van der Waals surface area (Å²) >= 11 is 3.30. The summed E-state index contributed by atoms with van der Waals surface area (Å²) in [5.41, 5.74) is 7.21. The monoisotopic (exact) mass is 370 g/mol. The maximum Gasteiger partial charge on any atom is 0.236 e. The fraction of sp³-hybridized carbons (Fsp3) is 0.143. The van der Waals surface area contributed by atoms with Crippen LogP contribution in [0, 0.1) is 0 Å². The molecule has 0 bridgehead atoms. The average molecular weight is 371 g/mol. The highest BCUT2D eigenvalue weighted by atomic mass is 79.9. The molecule has 2 aromatic rings. The number of benzene rings is 2. The highest BCUT2D eigenvalue weighted by molar-refractivity contribution is 9.10. The van der Waals surface area contributed by atoms with Crippen LogP contribution in [-0.2, 0) is 15.8 Å². The van der Waals surface area contributed by atoms with E-state index in [1.54, 1.807) is 42.5 Å². The van der Waals surface area contributed by atoms with Gasteiger partial charge in [0.05, 0.1) is 18.6 Å². The first-order valence-corrected chi connectivity index (χ1v) is 8.52. The van der Waals surface area contributed by atoms with Crippen molar-refractivity contribution < 1.29 is 13.2 Å². The van der Waals surface area contributed by atoms with Crippen molar-refractivity contribution in [3.8, 4) is 5.75 Å². The first kappa shape index (κ1) is 15.7. The highest BCUT2D eigenvalue weighted by Crippen LogP contribution is 2.26. The van der Waals surface area contributed by atoms with Crippen LogP contribution in [0.3, 0.4) is 0 Å². The zero-order chi connectivity index (χ0) is 15.5. The van der Waals surface area contributed by atoms with E-state index in [1.807, 2.05) is 0 Å². The average Bonchev–Trinajstić information content (AvgIpc) is 2.40. The van der Waals surface area contributed by atoms with Gasteiger partial charge in [-0.05, 0) is 23.8 Å². The Hall–Kier alpha value is -1.73. The van der Waals surface area contributed by atoms with Crippen LogP contribution in [-0.4, -0.2) is 15.5 Å². The third-order valence-electron chi connectivity index (χ3n) is 2.78. The van der Waals surface area contributed by atoms with Crippen molar-refractivity contribution in [3.05, 3.63) is 52.5 Å². The number of hydrogen-bond donors (Lipinski definition) is 2. The van der Waals surface area contributed by atoms with E-state index in [1.165, 1.54) is 7.11 Å². The van der Waals surface area contributed by atoms with Crippen molar-refractivity contribution in [1.82, 2.24) is 0 Å². The van der Waals surface area contributed by atoms with Gasteiger partial charge in [0.1, 0.15) is 5.75 Å². The molecule has 0 radical (unpaired) electrons. The van der Waals surface area contributed by atoms with Crippen molar-refractivity contribution in [2.75, 3.05) is 17.6 Å². The molecular formula is C14H15BrN2O3S. The van der Waals surface area contributed by atoms with Crippen LogP contribution in [0.4, 0.5) is 11.4 Å². The summed E-state index contributed by atoms with van der Waals surface area (Å²) in [7, 11) is -2.04. The van der Waals surface area contributed by atoms with E-state index in [-0.39, 0.29) is 5.75 Å². The number of nitrogens with one attached hydrogen (secondary N) is 1. The third-order valence-corrected chi connectivity index (χ3v) is 4.48. The maximum atomic E-state index is 12.2. The Morgan fingerprint density at radius 1 is 1.24 bits per heavy atom. The topological polar surface area (TPSA) is 81.4 Å². The second-order valence-corrected chi connectivity index (χ2v) is 7.08. The van der Waals surface area contributed by atoms with Crippen molar-refractivity contribution in [3.63, 3.8) is 0 Å². The van der Waals surface area contributed by atoms with Gasteiger partial charge in [-0.25, -0.2) is 8.42 Å². The molecule has 7 heteroatoms. The van der Waals surface area contributed by atoms with E-state index in [0.29, 0.717) is 22.7 Å². The lowest BCUT2D eigenvalue weighted by molar-refractivity contribution is 0.415. The number of para-hydroxylation sites is 1. The van der Waals surface area contributed by atoms with Gasteiger partial charge >= 0.3 is 0 Å². The zero-order valence-electron chi connectivity index (χ0n) is 11.3. The van der Waals surface area contributed by atoms with E-state index >= 15 is 0 Å². The van der Waals surface area contributed by atoms with Gasteiger partial charge in [0.25, 0.3) is 0 Å². The third kappa shape index (κ3) is 4.37. The Morgan fingerprint density at radius 3 is 2.62 bits per heavy atom. The Bertz CT molecular complexity index is 748. The second-order valence-electron chi connectivity index (χ2n) is 4.44. The summed E-state index contributed by atoms with van der Waals surface area (Å²) in [5.74, 6) is 0.371. The number of sulfonamides is 1. The summed E-state index contributed by atoms with van der Waals surface area (Å²) in [6, 6.07) is 11.9. The van der Waals surface area contributed by atoms with E-state index in [2.05, 4.69) is 20.7 Å². The minimum absolute atomic E-state index is 0.186. The number of rotatable bonds is 5. The molecule has 0 aliphatic rings. The maximum absolute atomic E-state index is 12.2. The molecular weight excluding hydrogens is 356 g/mol.